The summed E-state index contributed by atoms with van der Waals surface area (Å²) < 4.78 is 43.7. The van der Waals surface area contributed by atoms with Gasteiger partial charge in [-0.3, -0.25) is 4.79 Å². The Morgan fingerprint density at radius 1 is 0.833 bits per heavy atom. The number of ether oxygens (including phenoxy) is 3. The maximum absolute atomic E-state index is 13.0. The van der Waals surface area contributed by atoms with Crippen LogP contribution in [-0.4, -0.2) is 76.2 Å². The van der Waals surface area contributed by atoms with Crippen molar-refractivity contribution in [1.82, 2.24) is 14.5 Å². The lowest BCUT2D eigenvalue weighted by molar-refractivity contribution is 0.101. The van der Waals surface area contributed by atoms with E-state index >= 15 is 0 Å². The summed E-state index contributed by atoms with van der Waals surface area (Å²) in [6, 6.07) is 13.3. The van der Waals surface area contributed by atoms with E-state index in [2.05, 4.69) is 10.2 Å². The van der Waals surface area contributed by atoms with Gasteiger partial charge in [-0.05, 0) is 43.3 Å². The van der Waals surface area contributed by atoms with Crippen molar-refractivity contribution in [1.29, 1.82) is 0 Å². The number of piperazine rings is 1. The molecule has 11 heteroatoms. The Hall–Kier alpha value is -3.70. The number of hydrogen-bond donors (Lipinski definition) is 0. The molecule has 190 valence electrons. The third-order valence-electron chi connectivity index (χ3n) is 6.07. The molecule has 0 amide bonds. The largest absolute Gasteiger partial charge is 0.493 e. The van der Waals surface area contributed by atoms with Crippen LogP contribution in [0.3, 0.4) is 0 Å². The second kappa shape index (κ2) is 10.5. The van der Waals surface area contributed by atoms with Gasteiger partial charge in [-0.15, -0.1) is 10.2 Å². The first-order chi connectivity index (χ1) is 17.3. The Morgan fingerprint density at radius 2 is 1.44 bits per heavy atom. The van der Waals surface area contributed by atoms with E-state index in [9.17, 15) is 13.2 Å². The zero-order chi connectivity index (χ0) is 25.9. The van der Waals surface area contributed by atoms with Gasteiger partial charge in [-0.1, -0.05) is 12.1 Å². The minimum atomic E-state index is -3.65. The van der Waals surface area contributed by atoms with Crippen molar-refractivity contribution in [3.05, 3.63) is 54.1 Å². The molecule has 0 atom stereocenters. The number of benzene rings is 2. The van der Waals surface area contributed by atoms with Gasteiger partial charge in [0.1, 0.15) is 0 Å². The second-order valence-electron chi connectivity index (χ2n) is 8.16. The van der Waals surface area contributed by atoms with Gasteiger partial charge in [0.05, 0.1) is 31.9 Å². The molecule has 1 saturated heterocycles. The van der Waals surface area contributed by atoms with Crippen LogP contribution in [0.5, 0.6) is 17.2 Å². The highest BCUT2D eigenvalue weighted by Gasteiger charge is 2.29. The molecule has 0 saturated carbocycles. The number of anilines is 1. The lowest BCUT2D eigenvalue weighted by Crippen LogP contribution is -2.49. The van der Waals surface area contributed by atoms with Crippen LogP contribution < -0.4 is 19.1 Å². The van der Waals surface area contributed by atoms with Crippen LogP contribution in [0.4, 0.5) is 5.82 Å². The van der Waals surface area contributed by atoms with Crippen LogP contribution >= 0.6 is 0 Å². The van der Waals surface area contributed by atoms with Crippen molar-refractivity contribution in [3.63, 3.8) is 0 Å². The molecule has 2 heterocycles. The van der Waals surface area contributed by atoms with Crippen LogP contribution in [0.15, 0.2) is 53.4 Å². The molecule has 0 aliphatic carbocycles. The zero-order valence-electron chi connectivity index (χ0n) is 20.6. The Balaban J connectivity index is 1.46. The molecule has 3 aromatic rings. The molecule has 0 unspecified atom stereocenters. The number of ketones is 1. The first kappa shape index (κ1) is 25.4. The van der Waals surface area contributed by atoms with Crippen LogP contribution in [0.1, 0.15) is 17.3 Å². The summed E-state index contributed by atoms with van der Waals surface area (Å²) in [7, 11) is 1.00. The van der Waals surface area contributed by atoms with Crippen molar-refractivity contribution >= 4 is 21.6 Å². The fourth-order valence-corrected chi connectivity index (χ4v) is 5.47. The summed E-state index contributed by atoms with van der Waals surface area (Å²) in [5, 5.41) is 8.73. The highest BCUT2D eigenvalue weighted by molar-refractivity contribution is 7.89. The quantitative estimate of drug-likeness (QED) is 0.421. The van der Waals surface area contributed by atoms with E-state index in [4.69, 9.17) is 14.2 Å². The Morgan fingerprint density at radius 3 is 1.92 bits per heavy atom. The summed E-state index contributed by atoms with van der Waals surface area (Å²) in [5.74, 6) is 2.09. The van der Waals surface area contributed by atoms with E-state index in [1.54, 1.807) is 33.5 Å². The number of methoxy groups -OCH3 is 3. The van der Waals surface area contributed by atoms with Gasteiger partial charge >= 0.3 is 0 Å². The molecule has 2 aromatic carbocycles. The average Bonchev–Trinajstić information content (AvgIpc) is 2.92. The summed E-state index contributed by atoms with van der Waals surface area (Å²) in [6.45, 7) is 3.02. The standard InChI is InChI=1S/C25H28N4O6S/c1-17(30)18-5-7-20(8-6-18)36(31,32)29-13-11-28(12-14-29)24-10-9-21(26-27-24)19-15-22(33-2)25(35-4)23(16-19)34-3/h5-10,15-16H,11-14H2,1-4H3. The molecule has 1 fully saturated rings. The molecular weight excluding hydrogens is 484 g/mol. The normalized spacial score (nSPS) is 14.4. The van der Waals surface area contributed by atoms with Gasteiger partial charge in [-0.25, -0.2) is 8.42 Å². The monoisotopic (exact) mass is 512 g/mol. The van der Waals surface area contributed by atoms with Gasteiger partial charge in [-0.2, -0.15) is 4.31 Å². The van der Waals surface area contributed by atoms with Crippen LogP contribution in [0, 0.1) is 0 Å². The summed E-state index contributed by atoms with van der Waals surface area (Å²) >= 11 is 0. The Kier molecular flexibility index (Phi) is 7.41. The number of rotatable bonds is 8. The molecule has 1 aromatic heterocycles. The van der Waals surface area contributed by atoms with E-state index < -0.39 is 10.0 Å². The van der Waals surface area contributed by atoms with Crippen molar-refractivity contribution < 1.29 is 27.4 Å². The van der Waals surface area contributed by atoms with Crippen molar-refractivity contribution in [2.24, 2.45) is 0 Å². The minimum Gasteiger partial charge on any atom is -0.493 e. The molecule has 1 aliphatic rings. The number of nitrogens with zero attached hydrogens (tertiary/aromatic N) is 4. The molecule has 0 radical (unpaired) electrons. The number of carbonyl (C=O) groups is 1. The Labute approximate surface area is 210 Å². The molecule has 0 spiro atoms. The molecule has 36 heavy (non-hydrogen) atoms. The SMILES string of the molecule is COc1cc(-c2ccc(N3CCN(S(=O)(=O)c4ccc(C(C)=O)cc4)CC3)nn2)cc(OC)c1OC. The third kappa shape index (κ3) is 4.98. The summed E-state index contributed by atoms with van der Waals surface area (Å²) in [5.41, 5.74) is 1.87. The molecule has 1 aliphatic heterocycles. The minimum absolute atomic E-state index is 0.107. The van der Waals surface area contributed by atoms with Crippen LogP contribution in [-0.2, 0) is 10.0 Å². The van der Waals surface area contributed by atoms with Gasteiger partial charge in [0.15, 0.2) is 23.1 Å². The van der Waals surface area contributed by atoms with E-state index in [1.807, 2.05) is 17.0 Å². The van der Waals surface area contributed by atoms with Crippen LogP contribution in [0.25, 0.3) is 11.3 Å². The lowest BCUT2D eigenvalue weighted by Gasteiger charge is -2.34. The molecule has 10 nitrogen and oxygen atoms in total. The van der Waals surface area contributed by atoms with E-state index in [1.165, 1.54) is 35.5 Å². The first-order valence-electron chi connectivity index (χ1n) is 11.3. The summed E-state index contributed by atoms with van der Waals surface area (Å²) in [4.78, 5) is 13.6. The van der Waals surface area contributed by atoms with Crippen LogP contribution in [0.2, 0.25) is 0 Å². The summed E-state index contributed by atoms with van der Waals surface area (Å²) in [6.07, 6.45) is 0. The second-order valence-corrected chi connectivity index (χ2v) is 10.1. The maximum Gasteiger partial charge on any atom is 0.243 e. The smallest absolute Gasteiger partial charge is 0.243 e. The molecular formula is C25H28N4O6S. The molecule has 4 rings (SSSR count). The predicted molar refractivity (Wildman–Crippen MR) is 135 cm³/mol. The van der Waals surface area contributed by atoms with Crippen molar-refractivity contribution in [2.75, 3.05) is 52.4 Å². The number of carbonyl (C=O) groups excluding carboxylic acids is 1. The van der Waals surface area contributed by atoms with E-state index in [0.717, 1.165) is 5.56 Å². The van der Waals surface area contributed by atoms with E-state index in [0.29, 0.717) is 60.5 Å². The third-order valence-corrected chi connectivity index (χ3v) is 7.99. The van der Waals surface area contributed by atoms with Crippen molar-refractivity contribution in [2.45, 2.75) is 11.8 Å². The fourth-order valence-electron chi connectivity index (χ4n) is 4.05. The predicted octanol–water partition coefficient (Wildman–Crippen LogP) is 2.88. The highest BCUT2D eigenvalue weighted by Crippen LogP contribution is 2.40. The van der Waals surface area contributed by atoms with Gasteiger partial charge < -0.3 is 19.1 Å². The topological polar surface area (TPSA) is 111 Å². The van der Waals surface area contributed by atoms with Gasteiger partial charge in [0.2, 0.25) is 15.8 Å². The van der Waals surface area contributed by atoms with Gasteiger partial charge in [0.25, 0.3) is 0 Å². The van der Waals surface area contributed by atoms with Crippen molar-refractivity contribution in [3.8, 4) is 28.5 Å². The number of Topliss-reactive ketones (excluding diaryl/α,β-unsaturated/α-hetero) is 1. The zero-order valence-corrected chi connectivity index (χ0v) is 21.4. The molecule has 0 N–H and O–H groups in total. The van der Waals surface area contributed by atoms with E-state index in [-0.39, 0.29) is 10.7 Å². The maximum atomic E-state index is 13.0. The fraction of sp³-hybridized carbons (Fsp3) is 0.320. The number of sulfonamides is 1. The first-order valence-corrected chi connectivity index (χ1v) is 12.7. The number of aromatic nitrogens is 2. The van der Waals surface area contributed by atoms with Gasteiger partial charge in [0, 0.05) is 37.3 Å². The highest BCUT2D eigenvalue weighted by atomic mass is 32.2. The average molecular weight is 513 g/mol. The lowest BCUT2D eigenvalue weighted by atomic mass is 10.1. The number of hydrogen-bond acceptors (Lipinski definition) is 9. The molecule has 0 bridgehead atoms. The Bertz CT molecular complexity index is 1310.